The van der Waals surface area contributed by atoms with Crippen molar-refractivity contribution >= 4 is 16.8 Å². The lowest BCUT2D eigenvalue weighted by Crippen LogP contribution is -2.41. The molecular weight excluding hydrogens is 370 g/mol. The highest BCUT2D eigenvalue weighted by atomic mass is 15.2. The molecule has 1 aromatic carbocycles. The Morgan fingerprint density at radius 1 is 1.00 bits per heavy atom. The molecule has 5 heteroatoms. The fraction of sp³-hybridized carbons (Fsp3) is 0.240. The zero-order valence-corrected chi connectivity index (χ0v) is 17.9. The first-order chi connectivity index (χ1) is 15.6. The Morgan fingerprint density at radius 2 is 1.80 bits per heavy atom. The van der Waals surface area contributed by atoms with Crippen molar-refractivity contribution in [1.29, 1.82) is 0 Å². The molecule has 0 bridgehead atoms. The molecule has 0 aliphatic heterocycles. The first-order valence-electron chi connectivity index (χ1n) is 11.5. The smallest absolute Gasteiger partial charge is 0.280 e. The minimum Gasteiger partial charge on any atom is -0.308 e. The third kappa shape index (κ3) is 2.58. The normalized spacial score (nSPS) is 13.6. The Bertz CT molecular complexity index is 1560. The Hall–Kier alpha value is -3.47. The van der Waals surface area contributed by atoms with Gasteiger partial charge in [-0.1, -0.05) is 12.1 Å². The number of aromatic nitrogens is 5. The third-order valence-corrected chi connectivity index (χ3v) is 5.92. The number of benzene rings is 1. The van der Waals surface area contributed by atoms with Crippen molar-refractivity contribution in [2.45, 2.75) is 20.7 Å². The van der Waals surface area contributed by atoms with Gasteiger partial charge in [-0.05, 0) is 45.0 Å². The van der Waals surface area contributed by atoms with Crippen molar-refractivity contribution in [2.24, 2.45) is 21.1 Å². The van der Waals surface area contributed by atoms with E-state index in [1.807, 2.05) is 86.7 Å². The molecule has 5 aromatic rings. The molecule has 5 rings (SSSR count). The first kappa shape index (κ1) is 15.4. The molecule has 150 valence electrons. The van der Waals surface area contributed by atoms with E-state index in [0.717, 1.165) is 45.0 Å². The number of rotatable bonds is 2. The fourth-order valence-electron chi connectivity index (χ4n) is 4.52. The largest absolute Gasteiger partial charge is 0.308 e. The highest BCUT2D eigenvalue weighted by Gasteiger charge is 2.29. The van der Waals surface area contributed by atoms with Crippen molar-refractivity contribution < 1.29 is 13.2 Å². The van der Waals surface area contributed by atoms with E-state index in [9.17, 15) is 0 Å². The van der Waals surface area contributed by atoms with E-state index < -0.39 is 6.85 Å². The Kier molecular flexibility index (Phi) is 3.34. The number of pyridine rings is 2. The summed E-state index contributed by atoms with van der Waals surface area (Å²) in [6.07, 6.45) is 4.10. The van der Waals surface area contributed by atoms with Gasteiger partial charge in [0, 0.05) is 40.1 Å². The van der Waals surface area contributed by atoms with E-state index in [1.165, 1.54) is 0 Å². The molecule has 0 amide bonds. The van der Waals surface area contributed by atoms with Gasteiger partial charge in [0.1, 0.15) is 19.8 Å². The van der Waals surface area contributed by atoms with Crippen molar-refractivity contribution in [3.05, 3.63) is 71.5 Å². The molecule has 0 unspecified atom stereocenters. The molecule has 0 aliphatic rings. The summed E-state index contributed by atoms with van der Waals surface area (Å²) < 4.78 is 32.9. The highest BCUT2D eigenvalue weighted by Crippen LogP contribution is 2.28. The van der Waals surface area contributed by atoms with Gasteiger partial charge in [0.05, 0.1) is 11.0 Å². The fourth-order valence-corrected chi connectivity index (χ4v) is 4.52. The molecule has 0 N–H and O–H groups in total. The van der Waals surface area contributed by atoms with Crippen LogP contribution in [0.1, 0.15) is 20.8 Å². The summed E-state index contributed by atoms with van der Waals surface area (Å²) in [4.78, 5) is 4.80. The Morgan fingerprint density at radius 3 is 2.57 bits per heavy atom. The molecule has 0 atom stereocenters. The van der Waals surface area contributed by atoms with Crippen molar-refractivity contribution in [1.82, 2.24) is 14.0 Å². The maximum absolute atomic E-state index is 8.23. The zero-order valence-electron chi connectivity index (χ0n) is 20.9. The minimum absolute atomic E-state index is 0.343. The van der Waals surface area contributed by atoms with Crippen molar-refractivity contribution in [2.75, 3.05) is 0 Å². The van der Waals surface area contributed by atoms with E-state index >= 15 is 0 Å². The summed E-state index contributed by atoms with van der Waals surface area (Å²) in [6, 6.07) is 13.9. The van der Waals surface area contributed by atoms with Crippen LogP contribution in [0.2, 0.25) is 0 Å². The molecule has 0 radical (unpaired) electrons. The van der Waals surface area contributed by atoms with Crippen LogP contribution in [-0.4, -0.2) is 14.0 Å². The van der Waals surface area contributed by atoms with Crippen LogP contribution in [0.3, 0.4) is 0 Å². The predicted molar refractivity (Wildman–Crippen MR) is 119 cm³/mol. The van der Waals surface area contributed by atoms with Gasteiger partial charge in [-0.3, -0.25) is 4.40 Å². The van der Waals surface area contributed by atoms with Gasteiger partial charge in [-0.2, -0.15) is 9.13 Å². The van der Waals surface area contributed by atoms with Crippen LogP contribution in [0.25, 0.3) is 39.6 Å². The number of aryl methyl sites for hydroxylation is 5. The van der Waals surface area contributed by atoms with Crippen LogP contribution in [0.4, 0.5) is 0 Å². The summed E-state index contributed by atoms with van der Waals surface area (Å²) in [7, 11) is 5.90. The lowest BCUT2D eigenvalue weighted by molar-refractivity contribution is -0.685. The monoisotopic (exact) mass is 400 g/mol. The van der Waals surface area contributed by atoms with E-state index in [4.69, 9.17) is 9.10 Å². The van der Waals surface area contributed by atoms with Crippen LogP contribution < -0.4 is 9.13 Å². The van der Waals surface area contributed by atoms with Crippen LogP contribution >= 0.6 is 0 Å². The summed E-state index contributed by atoms with van der Waals surface area (Å²) in [5.74, 6) is 0.841. The second-order valence-corrected chi connectivity index (χ2v) is 8.04. The van der Waals surface area contributed by atoms with Gasteiger partial charge < -0.3 is 4.57 Å². The highest BCUT2D eigenvalue weighted by molar-refractivity contribution is 5.81. The van der Waals surface area contributed by atoms with Crippen molar-refractivity contribution in [3.63, 3.8) is 0 Å². The molecule has 0 spiro atoms. The SMILES string of the molecule is [2H]C([2H])([2H])c1cc(C)c(-c2cn3c4ccccc4nc3n2C)[n+](C)c1-c1ccc(C)c[n+]1C. The maximum atomic E-state index is 8.23. The average Bonchev–Trinajstić information content (AvgIpc) is 3.25. The van der Waals surface area contributed by atoms with Gasteiger partial charge in [0.15, 0.2) is 6.20 Å². The van der Waals surface area contributed by atoms with Crippen LogP contribution in [0, 0.1) is 20.7 Å². The van der Waals surface area contributed by atoms with Crippen LogP contribution in [-0.2, 0) is 21.1 Å². The van der Waals surface area contributed by atoms with E-state index in [0.29, 0.717) is 11.3 Å². The number of nitrogens with zero attached hydrogens (tertiary/aromatic N) is 5. The molecule has 4 aromatic heterocycles. The predicted octanol–water partition coefficient (Wildman–Crippen LogP) is 3.73. The van der Waals surface area contributed by atoms with Gasteiger partial charge in [0.2, 0.25) is 11.5 Å². The molecule has 0 saturated heterocycles. The van der Waals surface area contributed by atoms with Crippen LogP contribution in [0.5, 0.6) is 0 Å². The standard InChI is InChI=1S/C25H27N5/c1-16-11-12-21(27(4)14-16)23-17(2)13-18(3)24(29(23)6)22-15-30-20-10-8-7-9-19(20)26-25(30)28(22)5/h7-15H,1-6H3/q+2/i2D3. The van der Waals surface area contributed by atoms with Gasteiger partial charge >= 0.3 is 0 Å². The van der Waals surface area contributed by atoms with Crippen molar-refractivity contribution in [3.8, 4) is 22.8 Å². The van der Waals surface area contributed by atoms with E-state index in [1.54, 1.807) is 0 Å². The molecule has 5 nitrogen and oxygen atoms in total. The second-order valence-electron chi connectivity index (χ2n) is 8.04. The molecule has 30 heavy (non-hydrogen) atoms. The van der Waals surface area contributed by atoms with Gasteiger partial charge in [-0.25, -0.2) is 4.98 Å². The molecule has 0 saturated carbocycles. The van der Waals surface area contributed by atoms with E-state index in [-0.39, 0.29) is 0 Å². The number of fused-ring (bicyclic) bond motifs is 3. The van der Waals surface area contributed by atoms with E-state index in [2.05, 4.69) is 21.2 Å². The molecule has 4 heterocycles. The zero-order chi connectivity index (χ0) is 23.7. The summed E-state index contributed by atoms with van der Waals surface area (Å²) >= 11 is 0. The quantitative estimate of drug-likeness (QED) is 0.415. The number of hydrogen-bond acceptors (Lipinski definition) is 1. The second kappa shape index (κ2) is 6.52. The maximum Gasteiger partial charge on any atom is 0.280 e. The molecular formula is C25H27N5+2. The topological polar surface area (TPSA) is 30.0 Å². The van der Waals surface area contributed by atoms with Crippen LogP contribution in [0.15, 0.2) is 54.9 Å². The number of hydrogen-bond donors (Lipinski definition) is 0. The van der Waals surface area contributed by atoms with Gasteiger partial charge in [-0.15, -0.1) is 0 Å². The number of para-hydroxylation sites is 2. The number of imidazole rings is 2. The Labute approximate surface area is 180 Å². The summed E-state index contributed by atoms with van der Waals surface area (Å²) in [5, 5.41) is 0. The molecule has 0 aliphatic carbocycles. The molecule has 0 fully saturated rings. The first-order valence-corrected chi connectivity index (χ1v) is 10.0. The Balaban J connectivity index is 1.85. The lowest BCUT2D eigenvalue weighted by atomic mass is 10.0. The van der Waals surface area contributed by atoms with Gasteiger partial charge in [0.25, 0.3) is 11.4 Å². The average molecular weight is 401 g/mol. The lowest BCUT2D eigenvalue weighted by Gasteiger charge is -2.10. The minimum atomic E-state index is -2.24. The third-order valence-electron chi connectivity index (χ3n) is 5.92. The summed E-state index contributed by atoms with van der Waals surface area (Å²) in [5.41, 5.74) is 7.79. The summed E-state index contributed by atoms with van der Waals surface area (Å²) in [6.45, 7) is 1.75.